The largest absolute Gasteiger partial charge is 0.307 e. The first-order chi connectivity index (χ1) is 11.8. The van der Waals surface area contributed by atoms with Crippen molar-refractivity contribution in [1.29, 1.82) is 0 Å². The molecule has 0 saturated heterocycles. The molecule has 25 heavy (non-hydrogen) atoms. The van der Waals surface area contributed by atoms with Gasteiger partial charge in [-0.1, -0.05) is 36.4 Å². The summed E-state index contributed by atoms with van der Waals surface area (Å²) in [6.45, 7) is 3.62. The molecule has 0 fully saturated rings. The molecule has 1 amide bonds. The zero-order valence-electron chi connectivity index (χ0n) is 14.6. The van der Waals surface area contributed by atoms with E-state index < -0.39 is 10.0 Å². The first-order valence-corrected chi connectivity index (χ1v) is 10.1. The molecule has 3 rings (SSSR count). The number of para-hydroxylation sites is 2. The fourth-order valence-electron chi connectivity index (χ4n) is 3.37. The van der Waals surface area contributed by atoms with Crippen LogP contribution in [-0.2, 0) is 21.2 Å². The normalized spacial score (nSPS) is 16.6. The second-order valence-electron chi connectivity index (χ2n) is 6.50. The highest BCUT2D eigenvalue weighted by Crippen LogP contribution is 2.32. The summed E-state index contributed by atoms with van der Waals surface area (Å²) in [7, 11) is -3.57. The van der Waals surface area contributed by atoms with Crippen molar-refractivity contribution in [3.05, 3.63) is 59.7 Å². The Kier molecular flexibility index (Phi) is 4.56. The number of sulfonamides is 1. The molecule has 0 unspecified atom stereocenters. The third kappa shape index (κ3) is 3.39. The van der Waals surface area contributed by atoms with Crippen LogP contribution in [0.15, 0.2) is 48.5 Å². The van der Waals surface area contributed by atoms with E-state index in [0.717, 1.165) is 29.5 Å². The number of aryl methyl sites for hydroxylation is 1. The number of anilines is 2. The SMILES string of the molecule is Cc1ccccc1N(CC(=O)N1c2ccccc2C[C@@H]1C)S(C)(=O)=O. The van der Waals surface area contributed by atoms with E-state index in [2.05, 4.69) is 0 Å². The Bertz CT molecular complexity index is 908. The Morgan fingerprint density at radius 3 is 2.48 bits per heavy atom. The van der Waals surface area contributed by atoms with E-state index in [1.807, 2.05) is 50.2 Å². The molecule has 0 radical (unpaired) electrons. The first-order valence-electron chi connectivity index (χ1n) is 8.22. The Balaban J connectivity index is 1.94. The number of fused-ring (bicyclic) bond motifs is 1. The van der Waals surface area contributed by atoms with Gasteiger partial charge < -0.3 is 4.90 Å². The van der Waals surface area contributed by atoms with Crippen LogP contribution in [-0.4, -0.2) is 33.2 Å². The topological polar surface area (TPSA) is 57.7 Å². The van der Waals surface area contributed by atoms with Crippen molar-refractivity contribution in [1.82, 2.24) is 0 Å². The number of hydrogen-bond acceptors (Lipinski definition) is 3. The maximum absolute atomic E-state index is 13.0. The Labute approximate surface area is 148 Å². The van der Waals surface area contributed by atoms with Gasteiger partial charge in [0.15, 0.2) is 0 Å². The van der Waals surface area contributed by atoms with Crippen molar-refractivity contribution in [2.45, 2.75) is 26.3 Å². The molecule has 0 bridgehead atoms. The highest BCUT2D eigenvalue weighted by atomic mass is 32.2. The molecule has 2 aromatic rings. The molecule has 132 valence electrons. The Morgan fingerprint density at radius 2 is 1.80 bits per heavy atom. The average Bonchev–Trinajstić information content (AvgIpc) is 2.88. The maximum atomic E-state index is 13.0. The van der Waals surface area contributed by atoms with Crippen LogP contribution in [0.1, 0.15) is 18.1 Å². The summed E-state index contributed by atoms with van der Waals surface area (Å²) in [6, 6.07) is 15.0. The predicted octanol–water partition coefficient (Wildman–Crippen LogP) is 2.74. The third-order valence-corrected chi connectivity index (χ3v) is 5.67. The van der Waals surface area contributed by atoms with Gasteiger partial charge in [-0.15, -0.1) is 0 Å². The van der Waals surface area contributed by atoms with Gasteiger partial charge in [0.05, 0.1) is 11.9 Å². The number of amides is 1. The molecule has 1 aliphatic heterocycles. The minimum atomic E-state index is -3.57. The summed E-state index contributed by atoms with van der Waals surface area (Å²) in [4.78, 5) is 14.7. The Hall–Kier alpha value is -2.34. The number of rotatable bonds is 4. The van der Waals surface area contributed by atoms with Gasteiger partial charge in [0.1, 0.15) is 6.54 Å². The van der Waals surface area contributed by atoms with E-state index in [1.54, 1.807) is 17.0 Å². The molecule has 2 aromatic carbocycles. The van der Waals surface area contributed by atoms with Gasteiger partial charge in [-0.05, 0) is 43.5 Å². The smallest absolute Gasteiger partial charge is 0.248 e. The fraction of sp³-hybridized carbons (Fsp3) is 0.316. The van der Waals surface area contributed by atoms with Crippen molar-refractivity contribution in [2.75, 3.05) is 22.0 Å². The summed E-state index contributed by atoms with van der Waals surface area (Å²) in [5.41, 5.74) is 3.34. The summed E-state index contributed by atoms with van der Waals surface area (Å²) in [5, 5.41) is 0. The van der Waals surface area contributed by atoms with Crippen molar-refractivity contribution in [3.8, 4) is 0 Å². The van der Waals surface area contributed by atoms with Gasteiger partial charge in [-0.2, -0.15) is 0 Å². The zero-order valence-corrected chi connectivity index (χ0v) is 15.5. The van der Waals surface area contributed by atoms with Crippen LogP contribution in [0.5, 0.6) is 0 Å². The molecule has 0 N–H and O–H groups in total. The second-order valence-corrected chi connectivity index (χ2v) is 8.41. The minimum Gasteiger partial charge on any atom is -0.307 e. The zero-order chi connectivity index (χ0) is 18.2. The van der Waals surface area contributed by atoms with E-state index in [0.29, 0.717) is 5.69 Å². The number of hydrogen-bond donors (Lipinski definition) is 0. The first kappa shape index (κ1) is 17.5. The lowest BCUT2D eigenvalue weighted by Crippen LogP contribution is -2.45. The number of nitrogens with zero attached hydrogens (tertiary/aromatic N) is 2. The van der Waals surface area contributed by atoms with Crippen molar-refractivity contribution < 1.29 is 13.2 Å². The van der Waals surface area contributed by atoms with Gasteiger partial charge in [0.25, 0.3) is 0 Å². The van der Waals surface area contributed by atoms with Crippen LogP contribution in [0, 0.1) is 6.92 Å². The molecule has 0 saturated carbocycles. The highest BCUT2D eigenvalue weighted by molar-refractivity contribution is 7.92. The number of carbonyl (C=O) groups is 1. The molecule has 0 spiro atoms. The summed E-state index contributed by atoms with van der Waals surface area (Å²) in [6.07, 6.45) is 1.92. The Morgan fingerprint density at radius 1 is 1.16 bits per heavy atom. The molecular weight excluding hydrogens is 336 g/mol. The van der Waals surface area contributed by atoms with Gasteiger partial charge in [0.2, 0.25) is 15.9 Å². The maximum Gasteiger partial charge on any atom is 0.248 e. The van der Waals surface area contributed by atoms with Crippen LogP contribution in [0.3, 0.4) is 0 Å². The number of benzene rings is 2. The van der Waals surface area contributed by atoms with Gasteiger partial charge >= 0.3 is 0 Å². The molecule has 0 aromatic heterocycles. The van der Waals surface area contributed by atoms with Gasteiger partial charge in [-0.3, -0.25) is 9.10 Å². The van der Waals surface area contributed by atoms with E-state index in [1.165, 1.54) is 4.31 Å². The molecule has 6 heteroatoms. The van der Waals surface area contributed by atoms with Crippen LogP contribution in [0.4, 0.5) is 11.4 Å². The van der Waals surface area contributed by atoms with E-state index >= 15 is 0 Å². The fourth-order valence-corrected chi connectivity index (χ4v) is 4.28. The van der Waals surface area contributed by atoms with Crippen LogP contribution in [0.25, 0.3) is 0 Å². The van der Waals surface area contributed by atoms with Gasteiger partial charge in [0, 0.05) is 11.7 Å². The monoisotopic (exact) mass is 358 g/mol. The van der Waals surface area contributed by atoms with Crippen molar-refractivity contribution >= 4 is 27.3 Å². The summed E-state index contributed by atoms with van der Waals surface area (Å²) < 4.78 is 25.8. The van der Waals surface area contributed by atoms with Gasteiger partial charge in [-0.25, -0.2) is 8.42 Å². The molecule has 1 heterocycles. The third-order valence-electron chi connectivity index (χ3n) is 4.54. The quantitative estimate of drug-likeness (QED) is 0.844. The van der Waals surface area contributed by atoms with E-state index in [4.69, 9.17) is 0 Å². The average molecular weight is 358 g/mol. The lowest BCUT2D eigenvalue weighted by atomic mass is 10.1. The van der Waals surface area contributed by atoms with Crippen molar-refractivity contribution in [2.24, 2.45) is 0 Å². The lowest BCUT2D eigenvalue weighted by Gasteiger charge is -2.28. The summed E-state index contributed by atoms with van der Waals surface area (Å²) >= 11 is 0. The molecule has 0 aliphatic carbocycles. The van der Waals surface area contributed by atoms with Crippen LogP contribution in [0.2, 0.25) is 0 Å². The molecular formula is C19H22N2O3S. The van der Waals surface area contributed by atoms with Crippen LogP contribution >= 0.6 is 0 Å². The van der Waals surface area contributed by atoms with Crippen molar-refractivity contribution in [3.63, 3.8) is 0 Å². The standard InChI is InChI=1S/C19H22N2O3S/c1-14-8-4-6-10-17(14)20(25(3,23)24)13-19(22)21-15(2)12-16-9-5-7-11-18(16)21/h4-11,15H,12-13H2,1-3H3/t15-/m0/s1. The molecule has 5 nitrogen and oxygen atoms in total. The molecule has 1 aliphatic rings. The van der Waals surface area contributed by atoms with E-state index in [-0.39, 0.29) is 18.5 Å². The van der Waals surface area contributed by atoms with Crippen LogP contribution < -0.4 is 9.21 Å². The lowest BCUT2D eigenvalue weighted by molar-refractivity contribution is -0.117. The highest BCUT2D eigenvalue weighted by Gasteiger charge is 2.33. The second kappa shape index (κ2) is 6.52. The minimum absolute atomic E-state index is 0.0168. The predicted molar refractivity (Wildman–Crippen MR) is 100 cm³/mol. The van der Waals surface area contributed by atoms with E-state index in [9.17, 15) is 13.2 Å². The molecule has 1 atom stereocenters. The number of carbonyl (C=O) groups excluding carboxylic acids is 1. The summed E-state index contributed by atoms with van der Waals surface area (Å²) in [5.74, 6) is -0.217.